The van der Waals surface area contributed by atoms with E-state index >= 15 is 0 Å². The number of aromatic nitrogens is 2. The van der Waals surface area contributed by atoms with E-state index in [0.29, 0.717) is 10.8 Å². The maximum absolute atomic E-state index is 12.9. The summed E-state index contributed by atoms with van der Waals surface area (Å²) >= 11 is 1.20. The van der Waals surface area contributed by atoms with Crippen molar-refractivity contribution in [3.63, 3.8) is 0 Å². The van der Waals surface area contributed by atoms with Gasteiger partial charge in [-0.15, -0.1) is 11.3 Å². The summed E-state index contributed by atoms with van der Waals surface area (Å²) in [6, 6.07) is 8.31. The number of anilines is 1. The van der Waals surface area contributed by atoms with E-state index in [1.165, 1.54) is 29.5 Å². The second kappa shape index (κ2) is 7.52. The molecule has 0 saturated heterocycles. The van der Waals surface area contributed by atoms with E-state index in [1.807, 2.05) is 6.07 Å². The fraction of sp³-hybridized carbons (Fsp3) is 0.118. The Balaban J connectivity index is 1.62. The lowest BCUT2D eigenvalue weighted by Gasteiger charge is -2.13. The molecule has 9 heteroatoms. The number of nitrogens with zero attached hydrogens (tertiary/aromatic N) is 2. The van der Waals surface area contributed by atoms with Crippen LogP contribution in [0.1, 0.15) is 5.56 Å². The molecule has 26 heavy (non-hydrogen) atoms. The third-order valence-corrected chi connectivity index (χ3v) is 4.02. The van der Waals surface area contributed by atoms with Crippen LogP contribution in [0.25, 0.3) is 11.3 Å². The van der Waals surface area contributed by atoms with E-state index in [1.54, 1.807) is 23.8 Å². The van der Waals surface area contributed by atoms with Gasteiger partial charge in [-0.25, -0.2) is 4.98 Å². The van der Waals surface area contributed by atoms with E-state index < -0.39 is 30.0 Å². The zero-order valence-electron chi connectivity index (χ0n) is 13.2. The Morgan fingerprint density at radius 2 is 2.00 bits per heavy atom. The van der Waals surface area contributed by atoms with E-state index in [0.717, 1.165) is 11.6 Å². The number of para-hydroxylation sites is 1. The molecule has 0 aliphatic heterocycles. The van der Waals surface area contributed by atoms with Crippen molar-refractivity contribution in [3.05, 3.63) is 59.7 Å². The normalized spacial score (nSPS) is 11.2. The van der Waals surface area contributed by atoms with Crippen LogP contribution in [0.3, 0.4) is 0 Å². The first-order chi connectivity index (χ1) is 12.4. The first-order valence-corrected chi connectivity index (χ1v) is 8.26. The Labute approximate surface area is 150 Å². The third kappa shape index (κ3) is 4.37. The summed E-state index contributed by atoms with van der Waals surface area (Å²) in [5.74, 6) is -1.00. The zero-order valence-corrected chi connectivity index (χ0v) is 14.0. The average Bonchev–Trinajstić information content (AvgIpc) is 3.09. The smallest absolute Gasteiger partial charge is 0.419 e. The van der Waals surface area contributed by atoms with Crippen molar-refractivity contribution in [3.8, 4) is 17.0 Å². The molecule has 3 aromatic rings. The van der Waals surface area contributed by atoms with Crippen LogP contribution < -0.4 is 10.1 Å². The van der Waals surface area contributed by atoms with Crippen molar-refractivity contribution in [1.82, 2.24) is 9.97 Å². The van der Waals surface area contributed by atoms with Crippen molar-refractivity contribution in [2.45, 2.75) is 6.18 Å². The minimum atomic E-state index is -4.55. The van der Waals surface area contributed by atoms with Gasteiger partial charge in [-0.2, -0.15) is 13.2 Å². The van der Waals surface area contributed by atoms with Crippen LogP contribution in [0.5, 0.6) is 5.75 Å². The van der Waals surface area contributed by atoms with Gasteiger partial charge in [0.1, 0.15) is 5.75 Å². The SMILES string of the molecule is O=C(COc1ccccc1C(F)(F)F)Nc1nc(-c2cccnc2)cs1. The summed E-state index contributed by atoms with van der Waals surface area (Å²) < 4.78 is 43.7. The van der Waals surface area contributed by atoms with Crippen molar-refractivity contribution in [2.24, 2.45) is 0 Å². The van der Waals surface area contributed by atoms with Gasteiger partial charge in [0.05, 0.1) is 11.3 Å². The van der Waals surface area contributed by atoms with Gasteiger partial charge in [0.2, 0.25) is 0 Å². The molecule has 2 aromatic heterocycles. The Morgan fingerprint density at radius 3 is 2.73 bits per heavy atom. The van der Waals surface area contributed by atoms with Gasteiger partial charge < -0.3 is 4.74 Å². The van der Waals surface area contributed by atoms with E-state index in [-0.39, 0.29) is 0 Å². The van der Waals surface area contributed by atoms with Gasteiger partial charge in [0.15, 0.2) is 11.7 Å². The second-order valence-electron chi connectivity index (χ2n) is 5.11. The van der Waals surface area contributed by atoms with Gasteiger partial charge in [-0.05, 0) is 24.3 Å². The largest absolute Gasteiger partial charge is 0.483 e. The monoisotopic (exact) mass is 379 g/mol. The van der Waals surface area contributed by atoms with Gasteiger partial charge >= 0.3 is 6.18 Å². The lowest BCUT2D eigenvalue weighted by molar-refractivity contribution is -0.139. The van der Waals surface area contributed by atoms with Crippen LogP contribution in [0.2, 0.25) is 0 Å². The molecule has 0 bridgehead atoms. The average molecular weight is 379 g/mol. The number of amides is 1. The molecule has 1 amide bonds. The number of thiazole rings is 1. The minimum absolute atomic E-state index is 0.321. The van der Waals surface area contributed by atoms with Crippen molar-refractivity contribution in [2.75, 3.05) is 11.9 Å². The van der Waals surface area contributed by atoms with Crippen LogP contribution in [-0.2, 0) is 11.0 Å². The Kier molecular flexibility index (Phi) is 5.17. The Bertz CT molecular complexity index is 898. The van der Waals surface area contributed by atoms with Crippen LogP contribution in [0, 0.1) is 0 Å². The van der Waals surface area contributed by atoms with E-state index in [2.05, 4.69) is 15.3 Å². The van der Waals surface area contributed by atoms with Crippen LogP contribution in [0.15, 0.2) is 54.2 Å². The number of rotatable bonds is 5. The number of pyridine rings is 1. The molecule has 5 nitrogen and oxygen atoms in total. The van der Waals surface area contributed by atoms with E-state index in [9.17, 15) is 18.0 Å². The van der Waals surface area contributed by atoms with E-state index in [4.69, 9.17) is 4.74 Å². The number of nitrogens with one attached hydrogen (secondary N) is 1. The predicted octanol–water partition coefficient (Wildman–Crippen LogP) is 4.24. The Hall–Kier alpha value is -2.94. The van der Waals surface area contributed by atoms with Gasteiger partial charge in [-0.3, -0.25) is 15.1 Å². The molecule has 0 spiro atoms. The maximum atomic E-state index is 12.9. The summed E-state index contributed by atoms with van der Waals surface area (Å²) in [6.45, 7) is -0.561. The third-order valence-electron chi connectivity index (χ3n) is 3.26. The molecule has 0 radical (unpaired) electrons. The highest BCUT2D eigenvalue weighted by Gasteiger charge is 2.34. The molecule has 1 aromatic carbocycles. The molecule has 0 saturated carbocycles. The summed E-state index contributed by atoms with van der Waals surface area (Å²) in [4.78, 5) is 20.2. The molecule has 3 rings (SSSR count). The number of halogens is 3. The van der Waals surface area contributed by atoms with Crippen molar-refractivity contribution in [1.29, 1.82) is 0 Å². The topological polar surface area (TPSA) is 64.1 Å². The lowest BCUT2D eigenvalue weighted by atomic mass is 10.2. The number of hydrogen-bond acceptors (Lipinski definition) is 5. The van der Waals surface area contributed by atoms with Crippen molar-refractivity contribution < 1.29 is 22.7 Å². The number of carbonyl (C=O) groups excluding carboxylic acids is 1. The number of ether oxygens (including phenoxy) is 1. The summed E-state index contributed by atoms with van der Waals surface area (Å²) in [7, 11) is 0. The number of alkyl halides is 3. The van der Waals surface area contributed by atoms with Crippen molar-refractivity contribution >= 4 is 22.4 Å². The summed E-state index contributed by atoms with van der Waals surface area (Å²) in [5.41, 5.74) is 0.502. The van der Waals surface area contributed by atoms with Gasteiger partial charge in [-0.1, -0.05) is 12.1 Å². The lowest BCUT2D eigenvalue weighted by Crippen LogP contribution is -2.21. The van der Waals surface area contributed by atoms with Crippen LogP contribution in [0.4, 0.5) is 18.3 Å². The molecule has 0 fully saturated rings. The molecule has 1 N–H and O–H groups in total. The summed E-state index contributed by atoms with van der Waals surface area (Å²) in [5, 5.41) is 4.57. The molecular formula is C17H12F3N3O2S. The second-order valence-corrected chi connectivity index (χ2v) is 5.97. The molecule has 134 valence electrons. The molecule has 0 aliphatic rings. The van der Waals surface area contributed by atoms with Gasteiger partial charge in [0.25, 0.3) is 5.91 Å². The van der Waals surface area contributed by atoms with Crippen LogP contribution in [-0.4, -0.2) is 22.5 Å². The van der Waals surface area contributed by atoms with Gasteiger partial charge in [0, 0.05) is 23.3 Å². The summed E-state index contributed by atoms with van der Waals surface area (Å²) in [6.07, 6.45) is -1.28. The molecule has 0 aliphatic carbocycles. The first kappa shape index (κ1) is 17.9. The zero-order chi connectivity index (χ0) is 18.6. The fourth-order valence-electron chi connectivity index (χ4n) is 2.10. The number of hydrogen-bond donors (Lipinski definition) is 1. The molecule has 0 unspecified atom stereocenters. The Morgan fingerprint density at radius 1 is 1.19 bits per heavy atom. The first-order valence-electron chi connectivity index (χ1n) is 7.38. The standard InChI is InChI=1S/C17H12F3N3O2S/c18-17(19,20)12-5-1-2-6-14(12)25-9-15(24)23-16-22-13(10-26-16)11-4-3-7-21-8-11/h1-8,10H,9H2,(H,22,23,24). The number of carbonyl (C=O) groups is 1. The number of benzene rings is 1. The molecular weight excluding hydrogens is 367 g/mol. The highest BCUT2D eigenvalue weighted by Crippen LogP contribution is 2.35. The quantitative estimate of drug-likeness (QED) is 0.720. The predicted molar refractivity (Wildman–Crippen MR) is 90.9 cm³/mol. The molecule has 0 atom stereocenters. The molecule has 2 heterocycles. The van der Waals surface area contributed by atoms with Crippen LogP contribution >= 0.6 is 11.3 Å². The highest BCUT2D eigenvalue weighted by atomic mass is 32.1. The fourth-order valence-corrected chi connectivity index (χ4v) is 2.84. The minimum Gasteiger partial charge on any atom is -0.483 e. The maximum Gasteiger partial charge on any atom is 0.419 e. The highest BCUT2D eigenvalue weighted by molar-refractivity contribution is 7.14.